The average Bonchev–Trinajstić information content (AvgIpc) is 2.13. The Balaban J connectivity index is 2.73. The Morgan fingerprint density at radius 3 is 2.06 bits per heavy atom. The third kappa shape index (κ3) is 4.87. The summed E-state index contributed by atoms with van der Waals surface area (Å²) in [5.74, 6) is -0.0744. The molecule has 0 aliphatic heterocycles. The summed E-state index contributed by atoms with van der Waals surface area (Å²) < 4.78 is 22.5. The Hall–Kier alpha value is -1.36. The molecule has 0 unspecified atom stereocenters. The Morgan fingerprint density at radius 1 is 1.17 bits per heavy atom. The van der Waals surface area contributed by atoms with E-state index in [4.69, 9.17) is 0 Å². The quantitative estimate of drug-likeness (QED) is 0.916. The molecule has 0 bridgehead atoms. The molecule has 0 saturated heterocycles. The lowest BCUT2D eigenvalue weighted by atomic mass is 9.92. The van der Waals surface area contributed by atoms with Crippen LogP contribution in [0.2, 0.25) is 0 Å². The maximum atomic E-state index is 11.7. The van der Waals surface area contributed by atoms with Gasteiger partial charge in [-0.15, -0.1) is 0 Å². The molecule has 1 aromatic rings. The predicted molar refractivity (Wildman–Crippen MR) is 72.3 cm³/mol. The first-order chi connectivity index (χ1) is 8.08. The Morgan fingerprint density at radius 2 is 1.67 bits per heavy atom. The van der Waals surface area contributed by atoms with Crippen molar-refractivity contribution in [2.75, 3.05) is 11.6 Å². The fraction of sp³-hybridized carbons (Fsp3) is 0.462. The van der Waals surface area contributed by atoms with Gasteiger partial charge < -0.3 is 5.32 Å². The molecule has 0 aliphatic rings. The maximum Gasteiger partial charge on any atom is 0.224 e. The number of carbonyl (C=O) groups excluding carboxylic acids is 1. The van der Waals surface area contributed by atoms with Crippen molar-refractivity contribution in [3.8, 4) is 0 Å². The Bertz CT molecular complexity index is 524. The molecule has 0 spiro atoms. The first-order valence-electron chi connectivity index (χ1n) is 5.68. The highest BCUT2D eigenvalue weighted by Crippen LogP contribution is 2.20. The highest BCUT2D eigenvalue weighted by molar-refractivity contribution is 7.90. The van der Waals surface area contributed by atoms with Gasteiger partial charge in [0.05, 0.1) is 4.90 Å². The zero-order valence-corrected chi connectivity index (χ0v) is 12.0. The van der Waals surface area contributed by atoms with Gasteiger partial charge in [-0.1, -0.05) is 20.8 Å². The van der Waals surface area contributed by atoms with Crippen molar-refractivity contribution in [3.63, 3.8) is 0 Å². The fourth-order valence-corrected chi connectivity index (χ4v) is 2.10. The summed E-state index contributed by atoms with van der Waals surface area (Å²) in [5, 5.41) is 2.74. The predicted octanol–water partition coefficient (Wildman–Crippen LogP) is 2.46. The van der Waals surface area contributed by atoms with Gasteiger partial charge in [0, 0.05) is 18.4 Å². The molecule has 0 radical (unpaired) electrons. The van der Waals surface area contributed by atoms with Crippen LogP contribution in [0, 0.1) is 5.41 Å². The van der Waals surface area contributed by atoms with E-state index in [0.717, 1.165) is 6.26 Å². The van der Waals surface area contributed by atoms with Crippen LogP contribution in [0.3, 0.4) is 0 Å². The van der Waals surface area contributed by atoms with Gasteiger partial charge in [-0.05, 0) is 29.7 Å². The van der Waals surface area contributed by atoms with E-state index in [1.165, 1.54) is 12.1 Å². The van der Waals surface area contributed by atoms with Crippen LogP contribution in [0.5, 0.6) is 0 Å². The second-order valence-corrected chi connectivity index (χ2v) is 7.60. The topological polar surface area (TPSA) is 63.2 Å². The molecule has 5 heteroatoms. The SMILES string of the molecule is CC(C)(C)CC(=O)Nc1ccc(S(C)(=O)=O)cc1. The minimum atomic E-state index is -3.19. The van der Waals surface area contributed by atoms with Crippen molar-refractivity contribution >= 4 is 21.4 Å². The lowest BCUT2D eigenvalue weighted by Gasteiger charge is -2.17. The molecule has 0 aromatic heterocycles. The maximum absolute atomic E-state index is 11.7. The number of hydrogen-bond acceptors (Lipinski definition) is 3. The molecule has 0 fully saturated rings. The van der Waals surface area contributed by atoms with E-state index in [-0.39, 0.29) is 16.2 Å². The van der Waals surface area contributed by atoms with Crippen LogP contribution in [0.1, 0.15) is 27.2 Å². The van der Waals surface area contributed by atoms with Gasteiger partial charge in [0.1, 0.15) is 0 Å². The number of carbonyl (C=O) groups is 1. The lowest BCUT2D eigenvalue weighted by Crippen LogP contribution is -2.19. The third-order valence-electron chi connectivity index (χ3n) is 2.26. The summed E-state index contributed by atoms with van der Waals surface area (Å²) >= 11 is 0. The minimum absolute atomic E-state index is 0.0726. The van der Waals surface area contributed by atoms with Gasteiger partial charge in [0.25, 0.3) is 0 Å². The zero-order chi connectivity index (χ0) is 14.0. The van der Waals surface area contributed by atoms with Crippen molar-refractivity contribution in [3.05, 3.63) is 24.3 Å². The first kappa shape index (κ1) is 14.7. The number of rotatable bonds is 3. The summed E-state index contributed by atoms with van der Waals surface area (Å²) in [7, 11) is -3.19. The van der Waals surface area contributed by atoms with Gasteiger partial charge in [-0.25, -0.2) is 8.42 Å². The molecule has 4 nitrogen and oxygen atoms in total. The summed E-state index contributed by atoms with van der Waals surface area (Å²) in [5.41, 5.74) is 0.535. The number of anilines is 1. The van der Waals surface area contributed by atoms with Crippen molar-refractivity contribution < 1.29 is 13.2 Å². The average molecular weight is 269 g/mol. The molecule has 0 heterocycles. The fourth-order valence-electron chi connectivity index (χ4n) is 1.47. The van der Waals surface area contributed by atoms with Crippen LogP contribution in [0.25, 0.3) is 0 Å². The molecule has 100 valence electrons. The molecule has 1 amide bonds. The monoisotopic (exact) mass is 269 g/mol. The van der Waals surface area contributed by atoms with Gasteiger partial charge in [0.15, 0.2) is 9.84 Å². The zero-order valence-electron chi connectivity index (χ0n) is 11.1. The minimum Gasteiger partial charge on any atom is -0.326 e. The molecule has 0 saturated carbocycles. The summed E-state index contributed by atoms with van der Waals surface area (Å²) in [4.78, 5) is 11.9. The summed E-state index contributed by atoms with van der Waals surface area (Å²) in [6.45, 7) is 5.96. The molecular weight excluding hydrogens is 250 g/mol. The smallest absolute Gasteiger partial charge is 0.224 e. The molecule has 18 heavy (non-hydrogen) atoms. The molecule has 0 atom stereocenters. The van der Waals surface area contributed by atoms with Crippen molar-refractivity contribution in [1.82, 2.24) is 0 Å². The Kier molecular flexibility index (Phi) is 4.16. The first-order valence-corrected chi connectivity index (χ1v) is 7.57. The van der Waals surface area contributed by atoms with Crippen LogP contribution in [-0.2, 0) is 14.6 Å². The van der Waals surface area contributed by atoms with Crippen LogP contribution >= 0.6 is 0 Å². The van der Waals surface area contributed by atoms with Crippen molar-refractivity contribution in [2.45, 2.75) is 32.1 Å². The highest BCUT2D eigenvalue weighted by atomic mass is 32.2. The van der Waals surface area contributed by atoms with Gasteiger partial charge >= 0.3 is 0 Å². The molecule has 0 aliphatic carbocycles. The van der Waals surface area contributed by atoms with E-state index in [1.54, 1.807) is 12.1 Å². The second kappa shape index (κ2) is 5.10. The molecular formula is C13H19NO3S. The van der Waals surface area contributed by atoms with Crippen LogP contribution in [-0.4, -0.2) is 20.6 Å². The van der Waals surface area contributed by atoms with Crippen LogP contribution in [0.4, 0.5) is 5.69 Å². The van der Waals surface area contributed by atoms with E-state index in [2.05, 4.69) is 5.32 Å². The van der Waals surface area contributed by atoms with Crippen molar-refractivity contribution in [1.29, 1.82) is 0 Å². The highest BCUT2D eigenvalue weighted by Gasteiger charge is 2.16. The number of sulfone groups is 1. The molecule has 1 N–H and O–H groups in total. The number of hydrogen-bond donors (Lipinski definition) is 1. The largest absolute Gasteiger partial charge is 0.326 e. The van der Waals surface area contributed by atoms with E-state index < -0.39 is 9.84 Å². The lowest BCUT2D eigenvalue weighted by molar-refractivity contribution is -0.117. The summed E-state index contributed by atoms with van der Waals surface area (Å²) in [6, 6.07) is 6.16. The van der Waals surface area contributed by atoms with Crippen LogP contribution in [0.15, 0.2) is 29.2 Å². The summed E-state index contributed by atoms with van der Waals surface area (Å²) in [6.07, 6.45) is 1.57. The molecule has 1 rings (SSSR count). The van der Waals surface area contributed by atoms with E-state index in [1.807, 2.05) is 20.8 Å². The Labute approximate surface area is 108 Å². The van der Waals surface area contributed by atoms with Crippen molar-refractivity contribution in [2.24, 2.45) is 5.41 Å². The van der Waals surface area contributed by atoms with Crippen LogP contribution < -0.4 is 5.32 Å². The number of amides is 1. The van der Waals surface area contributed by atoms with E-state index in [0.29, 0.717) is 12.1 Å². The third-order valence-corrected chi connectivity index (χ3v) is 3.39. The van der Waals surface area contributed by atoms with Gasteiger partial charge in [0.2, 0.25) is 5.91 Å². The standard InChI is InChI=1S/C13H19NO3S/c1-13(2,3)9-12(15)14-10-5-7-11(8-6-10)18(4,16)17/h5-8H,9H2,1-4H3,(H,14,15). The van der Waals surface area contributed by atoms with E-state index in [9.17, 15) is 13.2 Å². The second-order valence-electron chi connectivity index (χ2n) is 5.58. The normalized spacial score (nSPS) is 12.2. The number of benzene rings is 1. The molecule has 1 aromatic carbocycles. The number of nitrogens with one attached hydrogen (secondary N) is 1. The van der Waals surface area contributed by atoms with Gasteiger partial charge in [-0.2, -0.15) is 0 Å². The van der Waals surface area contributed by atoms with E-state index >= 15 is 0 Å². The van der Waals surface area contributed by atoms with Gasteiger partial charge in [-0.3, -0.25) is 4.79 Å².